The van der Waals surface area contributed by atoms with Gasteiger partial charge < -0.3 is 18.1 Å². The van der Waals surface area contributed by atoms with Crippen molar-refractivity contribution in [3.63, 3.8) is 0 Å². The second-order valence-corrected chi connectivity index (χ2v) is 1.20. The summed E-state index contributed by atoms with van der Waals surface area (Å²) in [5.41, 5.74) is 0. The first-order valence-electron chi connectivity index (χ1n) is 1.97. The topological polar surface area (TPSA) is 12.4 Å². The SMILES string of the molecule is [CH2-]C(C)N=[C-]C.[W+2]. The maximum absolute atomic E-state index is 3.76. The number of aliphatic imine (C=N–C) groups is 1. The quantitative estimate of drug-likeness (QED) is 0.499. The molecule has 0 bridgehead atoms. The van der Waals surface area contributed by atoms with Gasteiger partial charge in [0.25, 0.3) is 0 Å². The largest absolute Gasteiger partial charge is 2.00 e. The molecular formula is C5H9NW. The van der Waals surface area contributed by atoms with Crippen LogP contribution in [0.2, 0.25) is 0 Å². The molecule has 1 nitrogen and oxygen atoms in total. The van der Waals surface area contributed by atoms with E-state index in [0.717, 1.165) is 0 Å². The number of rotatable bonds is 1. The summed E-state index contributed by atoms with van der Waals surface area (Å²) in [6.07, 6.45) is 2.63. The first-order valence-corrected chi connectivity index (χ1v) is 1.97. The summed E-state index contributed by atoms with van der Waals surface area (Å²) >= 11 is 0. The van der Waals surface area contributed by atoms with Gasteiger partial charge in [-0.2, -0.15) is 6.92 Å². The van der Waals surface area contributed by atoms with Gasteiger partial charge in [-0.15, -0.1) is 6.04 Å². The fourth-order valence-corrected chi connectivity index (χ4v) is 0.220. The number of hydrogen-bond acceptors (Lipinski definition) is 1. The van der Waals surface area contributed by atoms with Crippen LogP contribution in [0.25, 0.3) is 0 Å². The van der Waals surface area contributed by atoms with Crippen molar-refractivity contribution in [1.29, 1.82) is 0 Å². The Hall–Kier alpha value is 0.358. The van der Waals surface area contributed by atoms with Gasteiger partial charge in [0.1, 0.15) is 0 Å². The Kier molecular flexibility index (Phi) is 9.41. The minimum Gasteiger partial charge on any atom is -0.530 e. The molecule has 0 radical (unpaired) electrons. The van der Waals surface area contributed by atoms with Gasteiger partial charge in [-0.25, -0.2) is 0 Å². The third-order valence-electron chi connectivity index (χ3n) is 0.349. The Morgan fingerprint density at radius 1 is 1.71 bits per heavy atom. The van der Waals surface area contributed by atoms with Crippen molar-refractivity contribution in [3.05, 3.63) is 6.92 Å². The number of hydrogen-bond donors (Lipinski definition) is 0. The van der Waals surface area contributed by atoms with Gasteiger partial charge in [0.15, 0.2) is 0 Å². The average molecular weight is 267 g/mol. The van der Waals surface area contributed by atoms with E-state index in [4.69, 9.17) is 0 Å². The summed E-state index contributed by atoms with van der Waals surface area (Å²) in [7, 11) is 0. The van der Waals surface area contributed by atoms with Gasteiger partial charge in [0, 0.05) is 0 Å². The standard InChI is InChI=1S/C5H9N.W/c1-4-6-5(2)3;/h5H,2H2,1,3H3;/q-2;+2. The van der Waals surface area contributed by atoms with E-state index in [1.165, 1.54) is 0 Å². The third-order valence-corrected chi connectivity index (χ3v) is 0.349. The summed E-state index contributed by atoms with van der Waals surface area (Å²) in [5.74, 6) is 0. The molecule has 1 atom stereocenters. The first kappa shape index (κ1) is 10.4. The zero-order valence-corrected chi connectivity index (χ0v) is 7.57. The van der Waals surface area contributed by atoms with Crippen LogP contribution >= 0.6 is 0 Å². The molecule has 0 aromatic carbocycles. The summed E-state index contributed by atoms with van der Waals surface area (Å²) in [6, 6.07) is 0.162. The normalized spacial score (nSPS) is 13.6. The third kappa shape index (κ3) is 10.7. The van der Waals surface area contributed by atoms with Crippen LogP contribution in [0.15, 0.2) is 4.99 Å². The molecular weight excluding hydrogens is 258 g/mol. The molecule has 40 valence electrons. The summed E-state index contributed by atoms with van der Waals surface area (Å²) in [4.78, 5) is 3.76. The Balaban J connectivity index is 0. The van der Waals surface area contributed by atoms with E-state index >= 15 is 0 Å². The van der Waals surface area contributed by atoms with E-state index in [-0.39, 0.29) is 27.1 Å². The second-order valence-electron chi connectivity index (χ2n) is 1.20. The van der Waals surface area contributed by atoms with Gasteiger partial charge >= 0.3 is 21.1 Å². The summed E-state index contributed by atoms with van der Waals surface area (Å²) in [5, 5.41) is 0. The molecule has 1 unspecified atom stereocenters. The maximum atomic E-state index is 3.76. The fraction of sp³-hybridized carbons (Fsp3) is 0.600. The van der Waals surface area contributed by atoms with E-state index in [2.05, 4.69) is 18.1 Å². The molecule has 0 aromatic heterocycles. The predicted molar refractivity (Wildman–Crippen MR) is 27.9 cm³/mol. The zero-order chi connectivity index (χ0) is 4.99. The van der Waals surface area contributed by atoms with Crippen LogP contribution in [0.1, 0.15) is 13.8 Å². The molecule has 0 spiro atoms. The van der Waals surface area contributed by atoms with Crippen LogP contribution in [0, 0.1) is 6.92 Å². The Morgan fingerprint density at radius 3 is 2.14 bits per heavy atom. The molecule has 0 aliphatic carbocycles. The van der Waals surface area contributed by atoms with Crippen LogP contribution < -0.4 is 0 Å². The molecule has 0 N–H and O–H groups in total. The van der Waals surface area contributed by atoms with Crippen LogP contribution in [-0.4, -0.2) is 12.3 Å². The molecule has 0 aliphatic heterocycles. The van der Waals surface area contributed by atoms with E-state index in [1.807, 2.05) is 6.92 Å². The van der Waals surface area contributed by atoms with Crippen LogP contribution in [0.3, 0.4) is 0 Å². The fourth-order valence-electron chi connectivity index (χ4n) is 0.220. The van der Waals surface area contributed by atoms with Crippen molar-refractivity contribution in [3.8, 4) is 0 Å². The molecule has 2 heteroatoms. The van der Waals surface area contributed by atoms with Gasteiger partial charge in [-0.3, -0.25) is 0 Å². The van der Waals surface area contributed by atoms with Crippen LogP contribution in [0.4, 0.5) is 0 Å². The minimum atomic E-state index is 0. The van der Waals surface area contributed by atoms with Crippen molar-refractivity contribution in [2.45, 2.75) is 19.9 Å². The van der Waals surface area contributed by atoms with Crippen molar-refractivity contribution >= 4 is 6.21 Å². The van der Waals surface area contributed by atoms with E-state index < -0.39 is 0 Å². The molecule has 0 heterocycles. The molecule has 7 heavy (non-hydrogen) atoms. The van der Waals surface area contributed by atoms with Crippen molar-refractivity contribution in [2.75, 3.05) is 0 Å². The van der Waals surface area contributed by atoms with Gasteiger partial charge in [-0.05, 0) is 0 Å². The minimum absolute atomic E-state index is 0. The smallest absolute Gasteiger partial charge is 0.530 e. The summed E-state index contributed by atoms with van der Waals surface area (Å²) < 4.78 is 0. The van der Waals surface area contributed by atoms with Gasteiger partial charge in [0.2, 0.25) is 0 Å². The van der Waals surface area contributed by atoms with E-state index in [1.54, 1.807) is 6.92 Å². The molecule has 0 aromatic rings. The van der Waals surface area contributed by atoms with Gasteiger partial charge in [-0.1, -0.05) is 6.92 Å². The van der Waals surface area contributed by atoms with Crippen molar-refractivity contribution in [1.82, 2.24) is 0 Å². The Labute approximate surface area is 59.5 Å². The predicted octanol–water partition coefficient (Wildman–Crippen LogP) is 1.17. The first-order chi connectivity index (χ1) is 2.77. The monoisotopic (exact) mass is 267 g/mol. The maximum Gasteiger partial charge on any atom is 2.00 e. The Morgan fingerprint density at radius 2 is 2.14 bits per heavy atom. The van der Waals surface area contributed by atoms with E-state index in [0.29, 0.717) is 0 Å². The molecule has 0 amide bonds. The Bertz CT molecular complexity index is 50.0. The van der Waals surface area contributed by atoms with E-state index in [9.17, 15) is 0 Å². The molecule has 0 saturated carbocycles. The summed E-state index contributed by atoms with van der Waals surface area (Å²) in [6.45, 7) is 7.28. The molecule has 0 rings (SSSR count). The number of nitrogens with zero attached hydrogens (tertiary/aromatic N) is 1. The van der Waals surface area contributed by atoms with Gasteiger partial charge in [0.05, 0.1) is 0 Å². The molecule has 0 saturated heterocycles. The van der Waals surface area contributed by atoms with Crippen molar-refractivity contribution in [2.24, 2.45) is 4.99 Å². The second kappa shape index (κ2) is 6.36. The zero-order valence-electron chi connectivity index (χ0n) is 4.64. The van der Waals surface area contributed by atoms with Crippen LogP contribution in [0.5, 0.6) is 0 Å². The van der Waals surface area contributed by atoms with Crippen molar-refractivity contribution < 1.29 is 21.1 Å². The average Bonchev–Trinajstić information content (AvgIpc) is 1.35. The molecule has 0 aliphatic rings. The molecule has 0 fully saturated rings. The van der Waals surface area contributed by atoms with Crippen LogP contribution in [-0.2, 0) is 21.1 Å².